The number of benzene rings is 1. The number of carbonyl (C=O) groups excluding carboxylic acids is 1. The van der Waals surface area contributed by atoms with Gasteiger partial charge in [0.05, 0.1) is 5.92 Å². The lowest BCUT2D eigenvalue weighted by atomic mass is 9.98. The van der Waals surface area contributed by atoms with Gasteiger partial charge in [-0.2, -0.15) is 0 Å². The van der Waals surface area contributed by atoms with E-state index < -0.39 is 0 Å². The zero-order valence-electron chi connectivity index (χ0n) is 11.0. The molecule has 3 heteroatoms. The number of likely N-dealkylation sites (N-methyl/N-ethyl adjacent to an activating group) is 1. The summed E-state index contributed by atoms with van der Waals surface area (Å²) in [6, 6.07) is 9.71. The van der Waals surface area contributed by atoms with Crippen molar-refractivity contribution in [3.05, 3.63) is 48.6 Å². The van der Waals surface area contributed by atoms with E-state index in [0.29, 0.717) is 6.54 Å². The minimum absolute atomic E-state index is 0.0905. The average molecular weight is 246 g/mol. The van der Waals surface area contributed by atoms with E-state index in [4.69, 9.17) is 5.73 Å². The molecule has 0 bridgehead atoms. The second kappa shape index (κ2) is 7.67. The molecule has 0 fully saturated rings. The summed E-state index contributed by atoms with van der Waals surface area (Å²) in [6.07, 6.45) is 3.74. The van der Waals surface area contributed by atoms with Gasteiger partial charge in [-0.15, -0.1) is 6.58 Å². The molecule has 0 aliphatic rings. The van der Waals surface area contributed by atoms with E-state index >= 15 is 0 Å². The monoisotopic (exact) mass is 246 g/mol. The van der Waals surface area contributed by atoms with Crippen molar-refractivity contribution in [2.24, 2.45) is 5.73 Å². The van der Waals surface area contributed by atoms with Crippen molar-refractivity contribution in [1.82, 2.24) is 4.90 Å². The molecular weight excluding hydrogens is 224 g/mol. The maximum atomic E-state index is 12.3. The number of nitrogens with two attached hydrogens (primary N) is 1. The number of carbonyl (C=O) groups is 1. The summed E-state index contributed by atoms with van der Waals surface area (Å²) in [5.41, 5.74) is 6.72. The lowest BCUT2D eigenvalue weighted by Gasteiger charge is -2.23. The lowest BCUT2D eigenvalue weighted by molar-refractivity contribution is -0.131. The van der Waals surface area contributed by atoms with Crippen molar-refractivity contribution in [3.63, 3.8) is 0 Å². The number of hydrogen-bond donors (Lipinski definition) is 1. The molecule has 1 aromatic carbocycles. The third kappa shape index (κ3) is 4.00. The molecule has 1 rings (SSSR count). The van der Waals surface area contributed by atoms with E-state index in [1.165, 1.54) is 0 Å². The van der Waals surface area contributed by atoms with Gasteiger partial charge in [0.2, 0.25) is 5.91 Å². The number of amides is 1. The Balaban J connectivity index is 2.65. The highest BCUT2D eigenvalue weighted by Crippen LogP contribution is 2.16. The van der Waals surface area contributed by atoms with Crippen LogP contribution in [0.4, 0.5) is 0 Å². The summed E-state index contributed by atoms with van der Waals surface area (Å²) < 4.78 is 0. The molecule has 0 aromatic heterocycles. The van der Waals surface area contributed by atoms with E-state index in [1.807, 2.05) is 43.5 Å². The number of unbranched alkanes of at least 4 members (excludes halogenated alkanes) is 1. The van der Waals surface area contributed by atoms with Crippen molar-refractivity contribution >= 4 is 5.91 Å². The smallest absolute Gasteiger partial charge is 0.231 e. The first kappa shape index (κ1) is 14.5. The normalized spacial score (nSPS) is 11.9. The molecule has 2 N–H and O–H groups in total. The molecule has 0 saturated heterocycles. The summed E-state index contributed by atoms with van der Waals surface area (Å²) in [7, 11) is 1.83. The van der Waals surface area contributed by atoms with Gasteiger partial charge in [-0.05, 0) is 18.4 Å². The van der Waals surface area contributed by atoms with Crippen LogP contribution in [0.15, 0.2) is 43.0 Å². The van der Waals surface area contributed by atoms with Gasteiger partial charge < -0.3 is 10.6 Å². The van der Waals surface area contributed by atoms with E-state index in [1.54, 1.807) is 4.90 Å². The first-order valence-corrected chi connectivity index (χ1v) is 6.31. The van der Waals surface area contributed by atoms with Crippen LogP contribution < -0.4 is 5.73 Å². The fourth-order valence-corrected chi connectivity index (χ4v) is 1.91. The minimum Gasteiger partial charge on any atom is -0.345 e. The molecule has 0 aliphatic heterocycles. The summed E-state index contributed by atoms with van der Waals surface area (Å²) >= 11 is 0. The van der Waals surface area contributed by atoms with Crippen molar-refractivity contribution < 1.29 is 4.79 Å². The first-order chi connectivity index (χ1) is 8.70. The molecule has 3 nitrogen and oxygen atoms in total. The topological polar surface area (TPSA) is 46.3 Å². The van der Waals surface area contributed by atoms with Crippen LogP contribution in [-0.4, -0.2) is 30.9 Å². The van der Waals surface area contributed by atoms with Crippen LogP contribution in [0, 0.1) is 0 Å². The third-order valence-electron chi connectivity index (χ3n) is 3.01. The van der Waals surface area contributed by atoms with Crippen LogP contribution in [-0.2, 0) is 4.79 Å². The van der Waals surface area contributed by atoms with E-state index in [0.717, 1.165) is 24.9 Å². The molecule has 0 heterocycles. The van der Waals surface area contributed by atoms with Crippen LogP contribution in [0.25, 0.3) is 0 Å². The second-order valence-electron chi connectivity index (χ2n) is 4.39. The first-order valence-electron chi connectivity index (χ1n) is 6.31. The van der Waals surface area contributed by atoms with Crippen molar-refractivity contribution in [2.45, 2.75) is 18.8 Å². The zero-order valence-corrected chi connectivity index (χ0v) is 11.0. The number of nitrogens with zero attached hydrogens (tertiary/aromatic N) is 1. The molecule has 1 aromatic rings. The molecule has 1 amide bonds. The molecule has 1 atom stereocenters. The summed E-state index contributed by atoms with van der Waals surface area (Å²) in [5, 5.41) is 0. The molecule has 0 spiro atoms. The highest BCUT2D eigenvalue weighted by atomic mass is 16.2. The van der Waals surface area contributed by atoms with Crippen molar-refractivity contribution in [1.29, 1.82) is 0 Å². The Morgan fingerprint density at radius 3 is 2.67 bits per heavy atom. The molecule has 0 saturated carbocycles. The van der Waals surface area contributed by atoms with Gasteiger partial charge in [0.15, 0.2) is 0 Å². The summed E-state index contributed by atoms with van der Waals surface area (Å²) in [5.74, 6) is -0.146. The Morgan fingerprint density at radius 1 is 1.44 bits per heavy atom. The molecule has 98 valence electrons. The third-order valence-corrected chi connectivity index (χ3v) is 3.01. The van der Waals surface area contributed by atoms with Gasteiger partial charge in [0, 0.05) is 20.1 Å². The highest BCUT2D eigenvalue weighted by molar-refractivity contribution is 5.83. The van der Waals surface area contributed by atoms with Crippen LogP contribution in [0.2, 0.25) is 0 Å². The molecule has 1 unspecified atom stereocenters. The van der Waals surface area contributed by atoms with Gasteiger partial charge in [-0.3, -0.25) is 4.79 Å². The van der Waals surface area contributed by atoms with Crippen LogP contribution in [0.5, 0.6) is 0 Å². The van der Waals surface area contributed by atoms with Crippen LogP contribution in [0.3, 0.4) is 0 Å². The van der Waals surface area contributed by atoms with Gasteiger partial charge in [0.25, 0.3) is 0 Å². The Morgan fingerprint density at radius 2 is 2.11 bits per heavy atom. The summed E-state index contributed by atoms with van der Waals surface area (Å²) in [6.45, 7) is 4.76. The number of hydrogen-bond acceptors (Lipinski definition) is 2. The number of allylic oxidation sites excluding steroid dienone is 1. The Hall–Kier alpha value is -1.61. The maximum absolute atomic E-state index is 12.3. The summed E-state index contributed by atoms with van der Waals surface area (Å²) in [4.78, 5) is 14.0. The fraction of sp³-hybridized carbons (Fsp3) is 0.400. The SMILES string of the molecule is C=CCCCN(C)C(=O)C(CN)c1ccccc1. The highest BCUT2D eigenvalue weighted by Gasteiger charge is 2.21. The maximum Gasteiger partial charge on any atom is 0.231 e. The van der Waals surface area contributed by atoms with E-state index in [-0.39, 0.29) is 11.8 Å². The zero-order chi connectivity index (χ0) is 13.4. The molecule has 0 aliphatic carbocycles. The van der Waals surface area contributed by atoms with Gasteiger partial charge in [-0.25, -0.2) is 0 Å². The van der Waals surface area contributed by atoms with Crippen molar-refractivity contribution in [2.75, 3.05) is 20.1 Å². The lowest BCUT2D eigenvalue weighted by Crippen LogP contribution is -2.35. The quantitative estimate of drug-likeness (QED) is 0.592. The van der Waals surface area contributed by atoms with E-state index in [9.17, 15) is 4.79 Å². The van der Waals surface area contributed by atoms with Gasteiger partial charge in [0.1, 0.15) is 0 Å². The van der Waals surface area contributed by atoms with Gasteiger partial charge >= 0.3 is 0 Å². The second-order valence-corrected chi connectivity index (χ2v) is 4.39. The predicted molar refractivity (Wildman–Crippen MR) is 75.3 cm³/mol. The van der Waals surface area contributed by atoms with Crippen molar-refractivity contribution in [3.8, 4) is 0 Å². The molecular formula is C15H22N2O. The predicted octanol–water partition coefficient (Wildman–Crippen LogP) is 2.15. The Bertz CT molecular complexity index is 375. The number of rotatable bonds is 7. The van der Waals surface area contributed by atoms with Crippen LogP contribution >= 0.6 is 0 Å². The molecule has 18 heavy (non-hydrogen) atoms. The largest absolute Gasteiger partial charge is 0.345 e. The molecule has 0 radical (unpaired) electrons. The van der Waals surface area contributed by atoms with Crippen LogP contribution in [0.1, 0.15) is 24.3 Å². The Labute approximate surface area is 109 Å². The van der Waals surface area contributed by atoms with Gasteiger partial charge in [-0.1, -0.05) is 36.4 Å². The standard InChI is InChI=1S/C15H22N2O/c1-3-4-8-11-17(2)15(18)14(12-16)13-9-6-5-7-10-13/h3,5-7,9-10,14H,1,4,8,11-12,16H2,2H3. The van der Waals surface area contributed by atoms with E-state index in [2.05, 4.69) is 6.58 Å². The minimum atomic E-state index is -0.236. The average Bonchev–Trinajstić information content (AvgIpc) is 2.41. The fourth-order valence-electron chi connectivity index (χ4n) is 1.91. The Kier molecular flexibility index (Phi) is 6.15.